The molecule has 1 atom stereocenters. The van der Waals surface area contributed by atoms with Gasteiger partial charge in [0.2, 0.25) is 0 Å². The van der Waals surface area contributed by atoms with Gasteiger partial charge in [0.25, 0.3) is 5.56 Å². The second-order valence-electron chi connectivity index (χ2n) is 6.11. The number of fused-ring (bicyclic) bond motifs is 1. The van der Waals surface area contributed by atoms with Gasteiger partial charge < -0.3 is 14.0 Å². The SMILES string of the molecule is CC(C)OC(=O)C(C)n1ccc2cc(OC(C)C)ccc2c1=O. The fourth-order valence-corrected chi connectivity index (χ4v) is 2.34. The van der Waals surface area contributed by atoms with Crippen molar-refractivity contribution in [3.63, 3.8) is 0 Å². The molecular weight excluding hydrogens is 294 g/mol. The summed E-state index contributed by atoms with van der Waals surface area (Å²) in [5.41, 5.74) is -0.216. The molecule has 0 aliphatic carbocycles. The molecule has 0 N–H and O–H groups in total. The van der Waals surface area contributed by atoms with Crippen LogP contribution >= 0.6 is 0 Å². The van der Waals surface area contributed by atoms with Gasteiger partial charge >= 0.3 is 5.97 Å². The number of carbonyl (C=O) groups excluding carboxylic acids is 1. The van der Waals surface area contributed by atoms with E-state index in [2.05, 4.69) is 0 Å². The van der Waals surface area contributed by atoms with E-state index in [4.69, 9.17) is 9.47 Å². The van der Waals surface area contributed by atoms with Crippen LogP contribution in [0.3, 0.4) is 0 Å². The maximum Gasteiger partial charge on any atom is 0.329 e. The van der Waals surface area contributed by atoms with E-state index in [9.17, 15) is 9.59 Å². The van der Waals surface area contributed by atoms with Gasteiger partial charge in [0, 0.05) is 11.6 Å². The zero-order valence-electron chi connectivity index (χ0n) is 14.2. The van der Waals surface area contributed by atoms with E-state index in [0.29, 0.717) is 5.39 Å². The van der Waals surface area contributed by atoms with Gasteiger partial charge in [0.1, 0.15) is 11.8 Å². The highest BCUT2D eigenvalue weighted by molar-refractivity contribution is 5.83. The van der Waals surface area contributed by atoms with Gasteiger partial charge in [-0.1, -0.05) is 0 Å². The maximum atomic E-state index is 12.6. The van der Waals surface area contributed by atoms with Crippen LogP contribution in [0, 0.1) is 0 Å². The van der Waals surface area contributed by atoms with Crippen LogP contribution in [0.5, 0.6) is 5.75 Å². The molecule has 23 heavy (non-hydrogen) atoms. The highest BCUT2D eigenvalue weighted by Crippen LogP contribution is 2.20. The Morgan fingerprint density at radius 1 is 1.04 bits per heavy atom. The number of benzene rings is 1. The Labute approximate surface area is 135 Å². The normalized spacial score (nSPS) is 12.7. The second-order valence-corrected chi connectivity index (χ2v) is 6.11. The van der Waals surface area contributed by atoms with E-state index in [0.717, 1.165) is 11.1 Å². The first-order valence-corrected chi connectivity index (χ1v) is 7.81. The van der Waals surface area contributed by atoms with E-state index < -0.39 is 12.0 Å². The van der Waals surface area contributed by atoms with Crippen molar-refractivity contribution in [2.45, 2.75) is 52.9 Å². The lowest BCUT2D eigenvalue weighted by atomic mass is 10.1. The Kier molecular flexibility index (Phi) is 5.08. The van der Waals surface area contributed by atoms with Crippen molar-refractivity contribution in [1.29, 1.82) is 0 Å². The van der Waals surface area contributed by atoms with Gasteiger partial charge in [0.15, 0.2) is 0 Å². The van der Waals surface area contributed by atoms with E-state index in [-0.39, 0.29) is 17.8 Å². The number of esters is 1. The predicted octanol–water partition coefficient (Wildman–Crippen LogP) is 3.30. The fraction of sp³-hybridized carbons (Fsp3) is 0.444. The van der Waals surface area contributed by atoms with Crippen molar-refractivity contribution in [3.8, 4) is 5.75 Å². The summed E-state index contributed by atoms with van der Waals surface area (Å²) in [7, 11) is 0. The van der Waals surface area contributed by atoms with Crippen LogP contribution in [0.4, 0.5) is 0 Å². The third kappa shape index (κ3) is 3.92. The van der Waals surface area contributed by atoms with Crippen LogP contribution in [-0.2, 0) is 9.53 Å². The molecule has 5 heteroatoms. The molecule has 0 bridgehead atoms. The van der Waals surface area contributed by atoms with Crippen molar-refractivity contribution in [2.24, 2.45) is 0 Å². The van der Waals surface area contributed by atoms with Crippen molar-refractivity contribution in [1.82, 2.24) is 4.57 Å². The third-order valence-corrected chi connectivity index (χ3v) is 3.38. The topological polar surface area (TPSA) is 57.5 Å². The molecule has 0 aliphatic heterocycles. The molecule has 0 saturated heterocycles. The average Bonchev–Trinajstić information content (AvgIpc) is 2.45. The molecule has 0 amide bonds. The van der Waals surface area contributed by atoms with E-state index in [1.165, 1.54) is 4.57 Å². The molecule has 0 aliphatic rings. The summed E-state index contributed by atoms with van der Waals surface area (Å²) in [6.07, 6.45) is 1.48. The van der Waals surface area contributed by atoms with Crippen LogP contribution in [0.1, 0.15) is 40.7 Å². The molecule has 0 saturated carbocycles. The monoisotopic (exact) mass is 317 g/mol. The minimum atomic E-state index is -0.666. The molecule has 1 aromatic heterocycles. The van der Waals surface area contributed by atoms with E-state index in [1.807, 2.05) is 26.0 Å². The number of pyridine rings is 1. The molecule has 1 aromatic carbocycles. The van der Waals surface area contributed by atoms with Crippen molar-refractivity contribution < 1.29 is 14.3 Å². The Morgan fingerprint density at radius 3 is 2.35 bits per heavy atom. The van der Waals surface area contributed by atoms with Crippen LogP contribution < -0.4 is 10.3 Å². The van der Waals surface area contributed by atoms with Crippen LogP contribution in [0.25, 0.3) is 10.8 Å². The van der Waals surface area contributed by atoms with E-state index >= 15 is 0 Å². The Hall–Kier alpha value is -2.30. The molecule has 2 rings (SSSR count). The molecule has 0 radical (unpaired) electrons. The number of ether oxygens (including phenoxy) is 2. The van der Waals surface area contributed by atoms with Gasteiger partial charge in [-0.2, -0.15) is 0 Å². The molecule has 5 nitrogen and oxygen atoms in total. The molecule has 1 heterocycles. The fourth-order valence-electron chi connectivity index (χ4n) is 2.34. The smallest absolute Gasteiger partial charge is 0.329 e. The predicted molar refractivity (Wildman–Crippen MR) is 89.9 cm³/mol. The molecule has 0 fully saturated rings. The third-order valence-electron chi connectivity index (χ3n) is 3.38. The standard InChI is InChI=1S/C18H23NO4/c1-11(2)22-15-6-7-16-14(10-15)8-9-19(17(16)20)13(5)18(21)23-12(3)4/h6-13H,1-5H3. The Balaban J connectivity index is 2.39. The highest BCUT2D eigenvalue weighted by atomic mass is 16.5. The van der Waals surface area contributed by atoms with Crippen molar-refractivity contribution >= 4 is 16.7 Å². The minimum absolute atomic E-state index is 0.0682. The summed E-state index contributed by atoms with van der Waals surface area (Å²) in [4.78, 5) is 24.6. The highest BCUT2D eigenvalue weighted by Gasteiger charge is 2.19. The minimum Gasteiger partial charge on any atom is -0.491 e. The lowest BCUT2D eigenvalue weighted by Gasteiger charge is -2.17. The van der Waals surface area contributed by atoms with Gasteiger partial charge in [-0.05, 0) is 64.3 Å². The number of carbonyl (C=O) groups is 1. The summed E-state index contributed by atoms with van der Waals surface area (Å²) in [5, 5.41) is 1.33. The first-order valence-electron chi connectivity index (χ1n) is 7.81. The molecule has 0 spiro atoms. The van der Waals surface area contributed by atoms with Gasteiger partial charge in [0.05, 0.1) is 12.2 Å². The molecular formula is C18H23NO4. The first-order chi connectivity index (χ1) is 10.8. The van der Waals surface area contributed by atoms with Crippen molar-refractivity contribution in [2.75, 3.05) is 0 Å². The average molecular weight is 317 g/mol. The summed E-state index contributed by atoms with van der Waals surface area (Å²) < 4.78 is 12.2. The lowest BCUT2D eigenvalue weighted by molar-refractivity contribution is -0.151. The van der Waals surface area contributed by atoms with Gasteiger partial charge in [-0.25, -0.2) is 4.79 Å². The second kappa shape index (κ2) is 6.86. The number of aromatic nitrogens is 1. The number of hydrogen-bond acceptors (Lipinski definition) is 4. The van der Waals surface area contributed by atoms with Crippen molar-refractivity contribution in [3.05, 3.63) is 40.8 Å². The quantitative estimate of drug-likeness (QED) is 0.794. The van der Waals surface area contributed by atoms with E-state index in [1.54, 1.807) is 39.1 Å². The van der Waals surface area contributed by atoms with Gasteiger partial charge in [-0.3, -0.25) is 4.79 Å². The Bertz CT molecular complexity index is 761. The molecule has 1 unspecified atom stereocenters. The zero-order valence-corrected chi connectivity index (χ0v) is 14.2. The summed E-state index contributed by atoms with van der Waals surface area (Å²) in [5.74, 6) is 0.304. The number of nitrogens with zero attached hydrogens (tertiary/aromatic N) is 1. The largest absolute Gasteiger partial charge is 0.491 e. The number of rotatable bonds is 5. The lowest BCUT2D eigenvalue weighted by Crippen LogP contribution is -2.30. The summed E-state index contributed by atoms with van der Waals surface area (Å²) >= 11 is 0. The van der Waals surface area contributed by atoms with Crippen LogP contribution in [-0.4, -0.2) is 22.7 Å². The number of hydrogen-bond donors (Lipinski definition) is 0. The molecule has 124 valence electrons. The van der Waals surface area contributed by atoms with Crippen LogP contribution in [0.15, 0.2) is 35.3 Å². The van der Waals surface area contributed by atoms with Crippen LogP contribution in [0.2, 0.25) is 0 Å². The Morgan fingerprint density at radius 2 is 1.74 bits per heavy atom. The zero-order chi connectivity index (χ0) is 17.1. The molecule has 2 aromatic rings. The first kappa shape index (κ1) is 17.1. The summed E-state index contributed by atoms with van der Waals surface area (Å²) in [6, 6.07) is 6.47. The van der Waals surface area contributed by atoms with Gasteiger partial charge in [-0.15, -0.1) is 0 Å². The maximum absolute atomic E-state index is 12.6. The summed E-state index contributed by atoms with van der Waals surface area (Å²) in [6.45, 7) is 9.12.